The zero-order valence-corrected chi connectivity index (χ0v) is 16.9. The molecule has 0 bridgehead atoms. The van der Waals surface area contributed by atoms with Gasteiger partial charge in [-0.2, -0.15) is 0 Å². The lowest BCUT2D eigenvalue weighted by atomic mass is 9.93. The second-order valence-corrected chi connectivity index (χ2v) is 7.71. The van der Waals surface area contributed by atoms with Gasteiger partial charge in [0.25, 0.3) is 0 Å². The molecule has 1 aliphatic heterocycles. The summed E-state index contributed by atoms with van der Waals surface area (Å²) in [6, 6.07) is 14.7. The number of nitrogens with zero attached hydrogens (tertiary/aromatic N) is 3. The van der Waals surface area contributed by atoms with Crippen LogP contribution in [-0.2, 0) is 0 Å². The molecule has 0 fully saturated rings. The number of anilines is 1. The average Bonchev–Trinajstić information content (AvgIpc) is 3.22. The number of ether oxygens (including phenoxy) is 1. The first kappa shape index (κ1) is 18.0. The van der Waals surface area contributed by atoms with E-state index in [4.69, 9.17) is 9.37 Å². The van der Waals surface area contributed by atoms with Gasteiger partial charge in [0.05, 0.1) is 0 Å². The number of hydrogen-bond acceptors (Lipinski definition) is 5. The van der Waals surface area contributed by atoms with Crippen molar-refractivity contribution in [3.63, 3.8) is 0 Å². The molecule has 148 valence electrons. The predicted molar refractivity (Wildman–Crippen MR) is 117 cm³/mol. The quantitative estimate of drug-likeness (QED) is 0.317. The fourth-order valence-electron chi connectivity index (χ4n) is 4.19. The number of fused-ring (bicyclic) bond motifs is 4. The molecule has 0 saturated carbocycles. The fourth-order valence-corrected chi connectivity index (χ4v) is 4.19. The molecular formula is C24H25N3O2. The third-order valence-electron chi connectivity index (χ3n) is 5.75. The minimum Gasteiger partial charge on any atom is -0.456 e. The van der Waals surface area contributed by atoms with Gasteiger partial charge in [0.1, 0.15) is 22.5 Å². The predicted octanol–water partition coefficient (Wildman–Crippen LogP) is 6.56. The second kappa shape index (κ2) is 7.39. The van der Waals surface area contributed by atoms with Crippen molar-refractivity contribution in [2.24, 2.45) is 0 Å². The Balaban J connectivity index is 1.62. The Morgan fingerprint density at radius 1 is 0.862 bits per heavy atom. The van der Waals surface area contributed by atoms with Crippen LogP contribution >= 0.6 is 0 Å². The summed E-state index contributed by atoms with van der Waals surface area (Å²) in [6.45, 7) is 6.63. The van der Waals surface area contributed by atoms with Crippen molar-refractivity contribution in [2.45, 2.75) is 39.5 Å². The summed E-state index contributed by atoms with van der Waals surface area (Å²) < 4.78 is 11.4. The van der Waals surface area contributed by atoms with E-state index < -0.39 is 0 Å². The molecule has 0 saturated heterocycles. The van der Waals surface area contributed by atoms with E-state index in [0.717, 1.165) is 57.5 Å². The van der Waals surface area contributed by atoms with E-state index in [-0.39, 0.29) is 0 Å². The maximum Gasteiger partial charge on any atom is 0.143 e. The Morgan fingerprint density at radius 2 is 1.69 bits per heavy atom. The number of rotatable bonds is 7. The molecular weight excluding hydrogens is 362 g/mol. The van der Waals surface area contributed by atoms with E-state index in [2.05, 4.69) is 59.4 Å². The molecule has 0 N–H and O–H groups in total. The summed E-state index contributed by atoms with van der Waals surface area (Å²) in [5.41, 5.74) is 4.99. The molecule has 2 heterocycles. The third-order valence-corrected chi connectivity index (χ3v) is 5.75. The van der Waals surface area contributed by atoms with Crippen LogP contribution < -0.4 is 9.64 Å². The molecule has 0 amide bonds. The molecule has 0 radical (unpaired) electrons. The van der Waals surface area contributed by atoms with Crippen LogP contribution in [0, 0.1) is 0 Å². The highest BCUT2D eigenvalue weighted by Gasteiger charge is 2.24. The van der Waals surface area contributed by atoms with Gasteiger partial charge < -0.3 is 9.64 Å². The van der Waals surface area contributed by atoms with Crippen molar-refractivity contribution in [2.75, 3.05) is 18.0 Å². The van der Waals surface area contributed by atoms with Crippen LogP contribution in [-0.4, -0.2) is 23.4 Å². The maximum absolute atomic E-state index is 6.37. The van der Waals surface area contributed by atoms with Crippen LogP contribution in [0.15, 0.2) is 47.1 Å². The monoisotopic (exact) mass is 387 g/mol. The topological polar surface area (TPSA) is 51.4 Å². The lowest BCUT2D eigenvalue weighted by Gasteiger charge is -2.27. The van der Waals surface area contributed by atoms with Crippen LogP contribution in [0.1, 0.15) is 39.5 Å². The smallest absolute Gasteiger partial charge is 0.143 e. The zero-order chi connectivity index (χ0) is 19.8. The molecule has 5 nitrogen and oxygen atoms in total. The van der Waals surface area contributed by atoms with E-state index >= 15 is 0 Å². The summed E-state index contributed by atoms with van der Waals surface area (Å²) >= 11 is 0. The largest absolute Gasteiger partial charge is 0.456 e. The summed E-state index contributed by atoms with van der Waals surface area (Å²) in [5.74, 6) is 1.76. The summed E-state index contributed by atoms with van der Waals surface area (Å²) in [6.07, 6.45) is 4.78. The van der Waals surface area contributed by atoms with Gasteiger partial charge in [-0.25, -0.2) is 4.63 Å². The average molecular weight is 387 g/mol. The van der Waals surface area contributed by atoms with Crippen LogP contribution in [0.5, 0.6) is 11.5 Å². The Bertz CT molecular complexity index is 1170. The van der Waals surface area contributed by atoms with Gasteiger partial charge in [-0.3, -0.25) is 0 Å². The molecule has 3 aromatic carbocycles. The number of aromatic nitrogens is 2. The first-order valence-electron chi connectivity index (χ1n) is 10.6. The van der Waals surface area contributed by atoms with Crippen LogP contribution in [0.2, 0.25) is 0 Å². The van der Waals surface area contributed by atoms with E-state index in [1.54, 1.807) is 0 Å². The fraction of sp³-hybridized carbons (Fsp3) is 0.333. The first-order valence-corrected chi connectivity index (χ1v) is 10.6. The molecule has 0 aliphatic carbocycles. The summed E-state index contributed by atoms with van der Waals surface area (Å²) in [5, 5.41) is 10.3. The number of benzene rings is 3. The highest BCUT2D eigenvalue weighted by atomic mass is 16.6. The Morgan fingerprint density at radius 3 is 2.48 bits per heavy atom. The third kappa shape index (κ3) is 3.01. The first-order chi connectivity index (χ1) is 14.3. The lowest BCUT2D eigenvalue weighted by molar-refractivity contribution is 0.316. The van der Waals surface area contributed by atoms with Gasteiger partial charge in [0, 0.05) is 41.2 Å². The highest BCUT2D eigenvalue weighted by Crippen LogP contribution is 2.49. The number of hydrogen-bond donors (Lipinski definition) is 0. The highest BCUT2D eigenvalue weighted by molar-refractivity contribution is 6.15. The standard InChI is InChI=1S/C24H25N3O2/c1-3-5-12-27(13-6-4-2)16-10-11-17-19-15-20-24(26-29-25-20)18-8-7-9-21(23(18)19)28-22(17)14-16/h7-11,14-15H,3-6,12-13H2,1-2H3. The van der Waals surface area contributed by atoms with Gasteiger partial charge in [-0.05, 0) is 53.0 Å². The molecule has 4 aromatic rings. The van der Waals surface area contributed by atoms with E-state index in [1.807, 2.05) is 12.1 Å². The van der Waals surface area contributed by atoms with Crippen LogP contribution in [0.4, 0.5) is 5.69 Å². The molecule has 0 atom stereocenters. The molecule has 0 unspecified atom stereocenters. The number of unbranched alkanes of at least 4 members (excludes halogenated alkanes) is 2. The van der Waals surface area contributed by atoms with Crippen molar-refractivity contribution in [1.29, 1.82) is 0 Å². The van der Waals surface area contributed by atoms with Crippen LogP contribution in [0.25, 0.3) is 32.9 Å². The van der Waals surface area contributed by atoms with Crippen LogP contribution in [0.3, 0.4) is 0 Å². The van der Waals surface area contributed by atoms with E-state index in [1.165, 1.54) is 31.4 Å². The van der Waals surface area contributed by atoms with Crippen molar-refractivity contribution < 1.29 is 9.37 Å². The van der Waals surface area contributed by atoms with Crippen molar-refractivity contribution in [3.05, 3.63) is 42.5 Å². The summed E-state index contributed by atoms with van der Waals surface area (Å²) in [4.78, 5) is 2.48. The van der Waals surface area contributed by atoms with Gasteiger partial charge in [-0.1, -0.05) is 38.8 Å². The molecule has 29 heavy (non-hydrogen) atoms. The van der Waals surface area contributed by atoms with Gasteiger partial charge in [-0.15, -0.1) is 0 Å². The minimum atomic E-state index is 0.772. The Labute approximate surface area is 170 Å². The van der Waals surface area contributed by atoms with Crippen molar-refractivity contribution >= 4 is 27.5 Å². The molecule has 0 spiro atoms. The summed E-state index contributed by atoms with van der Waals surface area (Å²) in [7, 11) is 0. The lowest BCUT2D eigenvalue weighted by Crippen LogP contribution is -2.25. The van der Waals surface area contributed by atoms with E-state index in [0.29, 0.717) is 0 Å². The molecule has 5 rings (SSSR count). The minimum absolute atomic E-state index is 0.772. The second-order valence-electron chi connectivity index (χ2n) is 7.71. The van der Waals surface area contributed by atoms with Gasteiger partial charge >= 0.3 is 0 Å². The van der Waals surface area contributed by atoms with Gasteiger partial charge in [0.2, 0.25) is 0 Å². The SMILES string of the molecule is CCCCN(CCCC)c1ccc2c(c1)Oc1cccc3c1c-2cc1nonc13. The molecule has 1 aromatic heterocycles. The molecule has 5 heteroatoms. The van der Waals surface area contributed by atoms with Gasteiger partial charge in [0.15, 0.2) is 0 Å². The zero-order valence-electron chi connectivity index (χ0n) is 16.9. The Hall–Kier alpha value is -3.08. The van der Waals surface area contributed by atoms with Crippen molar-refractivity contribution in [1.82, 2.24) is 10.3 Å². The Kier molecular flexibility index (Phi) is 4.58. The normalized spacial score (nSPS) is 12.2. The molecule has 1 aliphatic rings. The van der Waals surface area contributed by atoms with E-state index in [9.17, 15) is 0 Å². The van der Waals surface area contributed by atoms with Crippen molar-refractivity contribution in [3.8, 4) is 22.6 Å². The maximum atomic E-state index is 6.37.